The molecule has 1 aliphatic rings. The molecular formula is C21H17N3O2S2. The second kappa shape index (κ2) is 7.26. The lowest BCUT2D eigenvalue weighted by Crippen LogP contribution is -2.27. The van der Waals surface area contributed by atoms with Crippen molar-refractivity contribution in [3.05, 3.63) is 87.2 Å². The van der Waals surface area contributed by atoms with E-state index in [4.69, 9.17) is 12.2 Å². The molecular weight excluding hydrogens is 390 g/mol. The average molecular weight is 408 g/mol. The van der Waals surface area contributed by atoms with Gasteiger partial charge in [-0.3, -0.25) is 19.2 Å². The van der Waals surface area contributed by atoms with Crippen LogP contribution in [0.2, 0.25) is 0 Å². The Balaban J connectivity index is 1.78. The number of nitrogens with zero attached hydrogens (tertiary/aromatic N) is 3. The Bertz CT molecular complexity index is 1160. The molecule has 5 nitrogen and oxygen atoms in total. The van der Waals surface area contributed by atoms with Crippen LogP contribution < -0.4 is 10.5 Å². The van der Waals surface area contributed by atoms with Crippen molar-refractivity contribution in [1.82, 2.24) is 9.36 Å². The Hall–Kier alpha value is -2.90. The van der Waals surface area contributed by atoms with Crippen molar-refractivity contribution in [3.63, 3.8) is 0 Å². The summed E-state index contributed by atoms with van der Waals surface area (Å²) in [6, 6.07) is 18.7. The van der Waals surface area contributed by atoms with Gasteiger partial charge in [-0.05, 0) is 37.3 Å². The van der Waals surface area contributed by atoms with Crippen molar-refractivity contribution in [2.45, 2.75) is 6.92 Å². The average Bonchev–Trinajstić information content (AvgIpc) is 3.10. The fourth-order valence-electron chi connectivity index (χ4n) is 3.15. The highest BCUT2D eigenvalue weighted by atomic mass is 32.2. The van der Waals surface area contributed by atoms with Gasteiger partial charge in [0.1, 0.15) is 0 Å². The minimum atomic E-state index is -0.213. The Kier molecular flexibility index (Phi) is 4.78. The normalized spacial score (nSPS) is 15.6. The minimum absolute atomic E-state index is 0.170. The predicted octanol–water partition coefficient (Wildman–Crippen LogP) is 3.89. The highest BCUT2D eigenvalue weighted by Crippen LogP contribution is 2.35. The minimum Gasteiger partial charge on any atom is -0.285 e. The van der Waals surface area contributed by atoms with E-state index in [9.17, 15) is 9.59 Å². The van der Waals surface area contributed by atoms with E-state index >= 15 is 0 Å². The molecule has 4 rings (SSSR count). The molecule has 1 amide bonds. The molecule has 140 valence electrons. The molecule has 0 spiro atoms. The van der Waals surface area contributed by atoms with Gasteiger partial charge in [0.2, 0.25) is 0 Å². The van der Waals surface area contributed by atoms with Gasteiger partial charge in [0.05, 0.1) is 21.8 Å². The van der Waals surface area contributed by atoms with Gasteiger partial charge in [0.15, 0.2) is 4.32 Å². The van der Waals surface area contributed by atoms with E-state index in [1.165, 1.54) is 16.7 Å². The number of benzene rings is 2. The molecule has 2 heterocycles. The van der Waals surface area contributed by atoms with E-state index < -0.39 is 0 Å². The zero-order valence-corrected chi connectivity index (χ0v) is 17.0. The largest absolute Gasteiger partial charge is 0.285 e. The van der Waals surface area contributed by atoms with Crippen molar-refractivity contribution in [3.8, 4) is 5.69 Å². The molecule has 0 atom stereocenters. The van der Waals surface area contributed by atoms with Gasteiger partial charge in [-0.25, -0.2) is 4.68 Å². The highest BCUT2D eigenvalue weighted by molar-refractivity contribution is 8.27. The van der Waals surface area contributed by atoms with Crippen molar-refractivity contribution in [1.29, 1.82) is 0 Å². The van der Waals surface area contributed by atoms with Crippen LogP contribution in [0.15, 0.2) is 70.4 Å². The lowest BCUT2D eigenvalue weighted by molar-refractivity contribution is -0.113. The topological polar surface area (TPSA) is 47.2 Å². The first-order valence-electron chi connectivity index (χ1n) is 8.66. The summed E-state index contributed by atoms with van der Waals surface area (Å²) < 4.78 is 3.85. The summed E-state index contributed by atoms with van der Waals surface area (Å²) >= 11 is 6.62. The number of thiocarbonyl (C=S) groups is 1. The molecule has 0 radical (unpaired) electrons. The molecule has 28 heavy (non-hydrogen) atoms. The smallest absolute Gasteiger partial charge is 0.278 e. The van der Waals surface area contributed by atoms with E-state index in [2.05, 4.69) is 0 Å². The standard InChI is InChI=1S/C21H17N3O2S2/c1-14-17(19(25)24(22(14)2)16-11-7-4-8-12-16)13-18-20(26)23(21(27)28-18)15-9-5-3-6-10-15/h3-13H,1-2H3/b18-13-. The molecule has 1 aliphatic heterocycles. The predicted molar refractivity (Wildman–Crippen MR) is 118 cm³/mol. The molecule has 0 aliphatic carbocycles. The second-order valence-corrected chi connectivity index (χ2v) is 8.00. The van der Waals surface area contributed by atoms with Gasteiger partial charge >= 0.3 is 0 Å². The first kappa shape index (κ1) is 18.5. The summed E-state index contributed by atoms with van der Waals surface area (Å²) in [5.74, 6) is -0.213. The van der Waals surface area contributed by atoms with E-state index in [1.54, 1.807) is 15.4 Å². The highest BCUT2D eigenvalue weighted by Gasteiger charge is 2.33. The van der Waals surface area contributed by atoms with E-state index in [0.29, 0.717) is 14.8 Å². The molecule has 0 unspecified atom stereocenters. The van der Waals surface area contributed by atoms with Crippen molar-refractivity contribution >= 4 is 46.0 Å². The van der Waals surface area contributed by atoms with Gasteiger partial charge in [0, 0.05) is 12.7 Å². The van der Waals surface area contributed by atoms with Gasteiger partial charge in [-0.15, -0.1) is 0 Å². The summed E-state index contributed by atoms with van der Waals surface area (Å²) in [5, 5.41) is 0. The number of aromatic nitrogens is 2. The summed E-state index contributed by atoms with van der Waals surface area (Å²) in [4.78, 5) is 28.0. The Labute approximate surface area is 171 Å². The second-order valence-electron chi connectivity index (χ2n) is 6.33. The third-order valence-electron chi connectivity index (χ3n) is 4.68. The number of amides is 1. The first-order chi connectivity index (χ1) is 13.5. The quantitative estimate of drug-likeness (QED) is 0.488. The number of carbonyl (C=O) groups is 1. The first-order valence-corrected chi connectivity index (χ1v) is 9.88. The molecule has 1 saturated heterocycles. The van der Waals surface area contributed by atoms with Crippen LogP contribution in [0.1, 0.15) is 11.3 Å². The van der Waals surface area contributed by atoms with E-state index in [0.717, 1.165) is 17.1 Å². The van der Waals surface area contributed by atoms with Gasteiger partial charge in [0.25, 0.3) is 11.5 Å². The molecule has 0 N–H and O–H groups in total. The van der Waals surface area contributed by atoms with Crippen molar-refractivity contribution < 1.29 is 4.79 Å². The fourth-order valence-corrected chi connectivity index (χ4v) is 4.43. The maximum Gasteiger partial charge on any atom is 0.278 e. The Morgan fingerprint density at radius 3 is 2.11 bits per heavy atom. The zero-order valence-electron chi connectivity index (χ0n) is 15.3. The van der Waals surface area contributed by atoms with Crippen LogP contribution in [0.5, 0.6) is 0 Å². The molecule has 1 aromatic heterocycles. The van der Waals surface area contributed by atoms with Crippen LogP contribution in [0.25, 0.3) is 11.8 Å². The lowest BCUT2D eigenvalue weighted by Gasteiger charge is -2.13. The van der Waals surface area contributed by atoms with Crippen molar-refractivity contribution in [2.24, 2.45) is 7.05 Å². The third kappa shape index (κ3) is 3.02. The zero-order chi connectivity index (χ0) is 19.8. The lowest BCUT2D eigenvalue weighted by atomic mass is 10.2. The Morgan fingerprint density at radius 2 is 1.50 bits per heavy atom. The maximum absolute atomic E-state index is 13.1. The number of hydrogen-bond donors (Lipinski definition) is 0. The summed E-state index contributed by atoms with van der Waals surface area (Å²) in [5.41, 5.74) is 2.59. The number of carbonyl (C=O) groups excluding carboxylic acids is 1. The number of rotatable bonds is 3. The Morgan fingerprint density at radius 1 is 0.929 bits per heavy atom. The van der Waals surface area contributed by atoms with Gasteiger partial charge < -0.3 is 0 Å². The van der Waals surface area contributed by atoms with Crippen molar-refractivity contribution in [2.75, 3.05) is 4.90 Å². The summed E-state index contributed by atoms with van der Waals surface area (Å²) in [6.45, 7) is 1.87. The molecule has 0 bridgehead atoms. The number of hydrogen-bond acceptors (Lipinski definition) is 4. The van der Waals surface area contributed by atoms with E-state index in [1.807, 2.05) is 74.6 Å². The van der Waals surface area contributed by atoms with Crippen LogP contribution in [-0.2, 0) is 11.8 Å². The molecule has 0 saturated carbocycles. The van der Waals surface area contributed by atoms with Crippen LogP contribution >= 0.6 is 24.0 Å². The molecule has 7 heteroatoms. The SMILES string of the molecule is Cc1c(/C=C2\SC(=S)N(c3ccccc3)C2=O)c(=O)n(-c2ccccc2)n1C. The molecule has 1 fully saturated rings. The van der Waals surface area contributed by atoms with Crippen LogP contribution in [0, 0.1) is 6.92 Å². The summed E-state index contributed by atoms with van der Waals surface area (Å²) in [7, 11) is 1.83. The fraction of sp³-hybridized carbons (Fsp3) is 0.0952. The van der Waals surface area contributed by atoms with Crippen LogP contribution in [0.3, 0.4) is 0 Å². The number of thioether (sulfide) groups is 1. The molecule has 3 aromatic rings. The summed E-state index contributed by atoms with van der Waals surface area (Å²) in [6.07, 6.45) is 1.65. The van der Waals surface area contributed by atoms with E-state index in [-0.39, 0.29) is 11.5 Å². The van der Waals surface area contributed by atoms with Crippen LogP contribution in [0.4, 0.5) is 5.69 Å². The molecule has 2 aromatic carbocycles. The monoisotopic (exact) mass is 407 g/mol. The van der Waals surface area contributed by atoms with Gasteiger partial charge in [-0.2, -0.15) is 0 Å². The van der Waals surface area contributed by atoms with Gasteiger partial charge in [-0.1, -0.05) is 60.4 Å². The number of anilines is 1. The third-order valence-corrected chi connectivity index (χ3v) is 5.98. The maximum atomic E-state index is 13.1. The van der Waals surface area contributed by atoms with Crippen LogP contribution in [-0.4, -0.2) is 19.6 Å². The number of para-hydroxylation sites is 2.